The van der Waals surface area contributed by atoms with Gasteiger partial charge in [-0.1, -0.05) is 79.7 Å². The molecule has 0 aliphatic carbocycles. The molecule has 0 spiro atoms. The van der Waals surface area contributed by atoms with Gasteiger partial charge < -0.3 is 6.16 Å². The first-order chi connectivity index (χ1) is 19.0. The van der Waals surface area contributed by atoms with E-state index in [-0.39, 0.29) is 58.4 Å². The van der Waals surface area contributed by atoms with Gasteiger partial charge in [0.15, 0.2) is 5.82 Å². The molecule has 0 radical (unpaired) electrons. The van der Waals surface area contributed by atoms with E-state index in [9.17, 15) is 9.59 Å². The zero-order chi connectivity index (χ0) is 27.4. The molecule has 0 atom stereocenters. The van der Waals surface area contributed by atoms with Gasteiger partial charge in [-0.15, -0.1) is 0 Å². The third-order valence-electron chi connectivity index (χ3n) is 6.74. The Labute approximate surface area is 276 Å². The van der Waals surface area contributed by atoms with Crippen molar-refractivity contribution in [3.05, 3.63) is 111 Å². The van der Waals surface area contributed by atoms with Gasteiger partial charge in [0.25, 0.3) is 5.56 Å². The number of hydrogen-bond donors (Lipinski definition) is 1. The molecule has 9 heteroatoms. The normalized spacial score (nSPS) is 10.8. The molecule has 0 saturated heterocycles. The van der Waals surface area contributed by atoms with Crippen molar-refractivity contribution >= 4 is 0 Å². The first-order valence-corrected chi connectivity index (χ1v) is 13.0. The van der Waals surface area contributed by atoms with Crippen LogP contribution in [0, 0.1) is 0 Å². The predicted octanol–water partition coefficient (Wildman–Crippen LogP) is 2.61. The van der Waals surface area contributed by atoms with E-state index in [1.165, 1.54) is 0 Å². The van der Waals surface area contributed by atoms with E-state index >= 15 is 0 Å². The maximum Gasteiger partial charge on any atom is 1.00 e. The maximum absolute atomic E-state index is 13.9. The number of H-pyrrole nitrogens is 1. The zero-order valence-corrected chi connectivity index (χ0v) is 26.4. The van der Waals surface area contributed by atoms with Crippen LogP contribution in [0.2, 0.25) is 0 Å². The van der Waals surface area contributed by atoms with Gasteiger partial charge in [-0.3, -0.25) is 18.9 Å². The monoisotopic (exact) mass is 562 g/mol. The van der Waals surface area contributed by atoms with Gasteiger partial charge in [-0.05, 0) is 47.2 Å². The van der Waals surface area contributed by atoms with Gasteiger partial charge in [0.2, 0.25) is 0 Å². The van der Waals surface area contributed by atoms with Gasteiger partial charge in [0.05, 0.1) is 24.9 Å². The first-order valence-electron chi connectivity index (χ1n) is 13.0. The van der Waals surface area contributed by atoms with Crippen molar-refractivity contribution in [3.8, 4) is 39.4 Å². The van der Waals surface area contributed by atoms with Crippen LogP contribution in [0.4, 0.5) is 0 Å². The summed E-state index contributed by atoms with van der Waals surface area (Å²) >= 11 is 0. The summed E-state index contributed by atoms with van der Waals surface area (Å²) in [6.45, 7) is 4.53. The van der Waals surface area contributed by atoms with Crippen LogP contribution in [0.25, 0.3) is 33.6 Å². The van der Waals surface area contributed by atoms with Crippen molar-refractivity contribution in [2.45, 2.75) is 39.7 Å². The van der Waals surface area contributed by atoms with Crippen LogP contribution in [-0.2, 0) is 19.4 Å². The molecule has 40 heavy (non-hydrogen) atoms. The summed E-state index contributed by atoms with van der Waals surface area (Å²) in [7, 11) is 1.62. The van der Waals surface area contributed by atoms with Crippen molar-refractivity contribution in [2.75, 3.05) is 7.11 Å². The van der Waals surface area contributed by atoms with Gasteiger partial charge in [-0.2, -0.15) is 0 Å². The molecule has 2 aromatic heterocycles. The largest absolute Gasteiger partial charge is 1.00 e. The van der Waals surface area contributed by atoms with Crippen LogP contribution in [0.15, 0.2) is 86.9 Å². The number of benzene rings is 3. The number of aromatic amines is 1. The molecule has 1 N–H and O–H groups in total. The van der Waals surface area contributed by atoms with E-state index in [4.69, 9.17) is 14.2 Å². The Bertz CT molecular complexity index is 1710. The second-order valence-corrected chi connectivity index (χ2v) is 9.26. The van der Waals surface area contributed by atoms with Crippen LogP contribution in [0.1, 0.15) is 38.8 Å². The van der Waals surface area contributed by atoms with Crippen molar-refractivity contribution in [1.82, 2.24) is 19.7 Å². The number of hydrogen-bond acceptors (Lipinski definition) is 6. The summed E-state index contributed by atoms with van der Waals surface area (Å²) in [6, 6.07) is 23.3. The molecule has 0 amide bonds. The quantitative estimate of drug-likeness (QED) is 0.277. The summed E-state index contributed by atoms with van der Waals surface area (Å²) in [4.78, 5) is 33.0. The van der Waals surface area contributed by atoms with Crippen molar-refractivity contribution < 1.29 is 62.1 Å². The summed E-state index contributed by atoms with van der Waals surface area (Å²) < 4.78 is 11.8. The fourth-order valence-electron chi connectivity index (χ4n) is 4.79. The van der Waals surface area contributed by atoms with Crippen molar-refractivity contribution in [2.24, 2.45) is 0 Å². The molecule has 0 bridgehead atoms. The van der Waals surface area contributed by atoms with Crippen LogP contribution >= 0.6 is 0 Å². The first kappa shape index (κ1) is 29.9. The van der Waals surface area contributed by atoms with E-state index in [2.05, 4.69) is 17.1 Å². The fourth-order valence-corrected chi connectivity index (χ4v) is 4.79. The minimum atomic E-state index is -0.597. The van der Waals surface area contributed by atoms with Crippen LogP contribution in [-0.4, -0.2) is 26.8 Å². The number of ether oxygens (including phenoxy) is 1. The number of nitrogens with zero attached hydrogens (tertiary/aromatic N) is 3. The van der Waals surface area contributed by atoms with Gasteiger partial charge in [0.1, 0.15) is 11.6 Å². The molecule has 200 valence electrons. The average molecular weight is 563 g/mol. The molecule has 0 fully saturated rings. The molecule has 0 unspecified atom stereocenters. The summed E-state index contributed by atoms with van der Waals surface area (Å²) in [5.41, 5.74) is 5.85. The van der Waals surface area contributed by atoms with Crippen LogP contribution < -0.4 is 67.4 Å². The van der Waals surface area contributed by atoms with Crippen molar-refractivity contribution in [1.29, 1.82) is 0 Å². The topological polar surface area (TPSA) is 103 Å². The van der Waals surface area contributed by atoms with Gasteiger partial charge >= 0.3 is 57.1 Å². The summed E-state index contributed by atoms with van der Waals surface area (Å²) in [5.74, 6) is 1.31. The SMILES string of the molecule is CCCc1nc(CC)c(-c2ccc(OC)cc2)c(=O)n1Cc1ccc(-c2ccccc2-c2noc(=O)[nH]2)cc1.[H-].[K+]. The summed E-state index contributed by atoms with van der Waals surface area (Å²) in [5, 5.41) is 3.84. The van der Waals surface area contributed by atoms with E-state index in [0.717, 1.165) is 51.5 Å². The van der Waals surface area contributed by atoms with Crippen molar-refractivity contribution in [3.63, 3.8) is 0 Å². The van der Waals surface area contributed by atoms with Crippen LogP contribution in [0.3, 0.4) is 0 Å². The Morgan fingerprint density at radius 3 is 2.20 bits per heavy atom. The molecule has 8 nitrogen and oxygen atoms in total. The third kappa shape index (κ3) is 6.29. The Kier molecular flexibility index (Phi) is 10.1. The number of aryl methyl sites for hydroxylation is 2. The Balaban J connectivity index is 0.00000231. The molecule has 0 aliphatic heterocycles. The molecule has 2 heterocycles. The van der Waals surface area contributed by atoms with E-state index in [1.807, 2.05) is 79.7 Å². The molecule has 0 aliphatic rings. The smallest absolute Gasteiger partial charge is 1.00 e. The molecule has 0 saturated carbocycles. The standard InChI is InChI=1S/C31H30N4O4.K.H/c1-4-8-27-32-26(5-2)28(22-15-17-23(38-3)18-16-22)30(36)35(27)19-20-11-13-21(14-12-20)24-9-6-7-10-25(24)29-33-31(37)39-34-29;;/h6-7,9-18H,4-5,8,19H2,1-3H3,(H,33,34,37);;/q;+1;-1. The number of aromatic nitrogens is 4. The molecular formula is C31H31KN4O4. The Hall–Kier alpha value is -3.08. The number of methoxy groups -OCH3 is 1. The predicted molar refractivity (Wildman–Crippen MR) is 152 cm³/mol. The van der Waals surface area contributed by atoms with E-state index in [0.29, 0.717) is 30.8 Å². The number of rotatable bonds is 9. The summed E-state index contributed by atoms with van der Waals surface area (Å²) in [6.07, 6.45) is 2.27. The van der Waals surface area contributed by atoms with E-state index in [1.54, 1.807) is 11.7 Å². The van der Waals surface area contributed by atoms with Crippen LogP contribution in [0.5, 0.6) is 5.75 Å². The second kappa shape index (κ2) is 13.5. The molecule has 5 aromatic rings. The molecule has 5 rings (SSSR count). The van der Waals surface area contributed by atoms with Gasteiger partial charge in [-0.25, -0.2) is 9.78 Å². The fraction of sp³-hybridized carbons (Fsp3) is 0.226. The Morgan fingerprint density at radius 1 is 0.925 bits per heavy atom. The minimum absolute atomic E-state index is 0. The molecular weight excluding hydrogens is 531 g/mol. The third-order valence-corrected chi connectivity index (χ3v) is 6.74. The Morgan fingerprint density at radius 2 is 1.60 bits per heavy atom. The zero-order valence-electron chi connectivity index (χ0n) is 24.2. The minimum Gasteiger partial charge on any atom is -1.00 e. The van der Waals surface area contributed by atoms with E-state index < -0.39 is 5.76 Å². The second-order valence-electron chi connectivity index (χ2n) is 9.26. The average Bonchev–Trinajstić information content (AvgIpc) is 3.41. The number of nitrogens with one attached hydrogen (secondary N) is 1. The van der Waals surface area contributed by atoms with Gasteiger partial charge in [0, 0.05) is 12.0 Å². The maximum atomic E-state index is 13.9. The molecule has 3 aromatic carbocycles.